The van der Waals surface area contributed by atoms with Gasteiger partial charge in [0.15, 0.2) is 5.82 Å². The number of imidazole rings is 1. The number of pyridine rings is 1. The van der Waals surface area contributed by atoms with Crippen molar-refractivity contribution in [1.82, 2.24) is 24.7 Å². The third-order valence-corrected chi connectivity index (χ3v) is 4.31. The standard InChI is InChI=1S/C19H16BrN5/c20-16-6-7-18-24-17(13-25(18)12-16)11-21-8-14-9-22-19(23-10-14)15-4-2-1-3-5-15/h1-7,9-10,12-13,21H,8,11H2. The number of aromatic nitrogens is 4. The maximum Gasteiger partial charge on any atom is 0.159 e. The summed E-state index contributed by atoms with van der Waals surface area (Å²) in [4.78, 5) is 13.5. The quantitative estimate of drug-likeness (QED) is 0.559. The average Bonchev–Trinajstić information content (AvgIpc) is 3.05. The number of nitrogens with one attached hydrogen (secondary N) is 1. The second-order valence-corrected chi connectivity index (χ2v) is 6.65. The Morgan fingerprint density at radius 1 is 0.920 bits per heavy atom. The van der Waals surface area contributed by atoms with Gasteiger partial charge in [-0.3, -0.25) is 0 Å². The fourth-order valence-corrected chi connectivity index (χ4v) is 2.97. The van der Waals surface area contributed by atoms with Crippen molar-refractivity contribution in [2.45, 2.75) is 13.1 Å². The molecule has 0 atom stereocenters. The topological polar surface area (TPSA) is 55.1 Å². The van der Waals surface area contributed by atoms with Crippen molar-refractivity contribution in [3.05, 3.63) is 83.0 Å². The Morgan fingerprint density at radius 3 is 2.52 bits per heavy atom. The first-order chi connectivity index (χ1) is 12.3. The molecule has 1 aromatic carbocycles. The van der Waals surface area contributed by atoms with Gasteiger partial charge in [-0.1, -0.05) is 30.3 Å². The molecule has 6 heteroatoms. The molecule has 0 unspecified atom stereocenters. The highest BCUT2D eigenvalue weighted by Crippen LogP contribution is 2.14. The third-order valence-electron chi connectivity index (χ3n) is 3.84. The molecule has 4 rings (SSSR count). The van der Waals surface area contributed by atoms with E-state index in [0.29, 0.717) is 13.1 Å². The van der Waals surface area contributed by atoms with E-state index in [9.17, 15) is 0 Å². The van der Waals surface area contributed by atoms with E-state index in [1.165, 1.54) is 0 Å². The summed E-state index contributed by atoms with van der Waals surface area (Å²) in [7, 11) is 0. The van der Waals surface area contributed by atoms with Gasteiger partial charge in [-0.05, 0) is 28.1 Å². The van der Waals surface area contributed by atoms with Gasteiger partial charge in [-0.25, -0.2) is 15.0 Å². The molecule has 0 aliphatic carbocycles. The Morgan fingerprint density at radius 2 is 1.72 bits per heavy atom. The van der Waals surface area contributed by atoms with Crippen molar-refractivity contribution in [2.24, 2.45) is 0 Å². The summed E-state index contributed by atoms with van der Waals surface area (Å²) >= 11 is 3.47. The highest BCUT2D eigenvalue weighted by Gasteiger charge is 2.03. The molecule has 124 valence electrons. The van der Waals surface area contributed by atoms with Crippen LogP contribution in [-0.2, 0) is 13.1 Å². The molecule has 0 spiro atoms. The smallest absolute Gasteiger partial charge is 0.159 e. The minimum atomic E-state index is 0.694. The molecule has 0 bridgehead atoms. The van der Waals surface area contributed by atoms with Gasteiger partial charge in [0.05, 0.1) is 5.69 Å². The van der Waals surface area contributed by atoms with Crippen LogP contribution in [0.5, 0.6) is 0 Å². The van der Waals surface area contributed by atoms with Crippen LogP contribution in [0.1, 0.15) is 11.3 Å². The van der Waals surface area contributed by atoms with Gasteiger partial charge in [0.2, 0.25) is 0 Å². The van der Waals surface area contributed by atoms with E-state index >= 15 is 0 Å². The first kappa shape index (κ1) is 15.9. The zero-order chi connectivity index (χ0) is 17.1. The van der Waals surface area contributed by atoms with E-state index in [1.54, 1.807) is 0 Å². The van der Waals surface area contributed by atoms with Gasteiger partial charge >= 0.3 is 0 Å². The van der Waals surface area contributed by atoms with Crippen LogP contribution in [0.15, 0.2) is 71.7 Å². The number of rotatable bonds is 5. The maximum atomic E-state index is 4.59. The second-order valence-electron chi connectivity index (χ2n) is 5.73. The monoisotopic (exact) mass is 393 g/mol. The Bertz CT molecular complexity index is 980. The van der Waals surface area contributed by atoms with E-state index < -0.39 is 0 Å². The molecule has 0 saturated heterocycles. The Labute approximate surface area is 153 Å². The van der Waals surface area contributed by atoms with Crippen LogP contribution in [-0.4, -0.2) is 19.4 Å². The summed E-state index contributed by atoms with van der Waals surface area (Å²) in [6.45, 7) is 1.40. The largest absolute Gasteiger partial charge is 0.307 e. The minimum Gasteiger partial charge on any atom is -0.307 e. The summed E-state index contributed by atoms with van der Waals surface area (Å²) in [5.41, 5.74) is 4.01. The van der Waals surface area contributed by atoms with E-state index in [2.05, 4.69) is 36.2 Å². The summed E-state index contributed by atoms with van der Waals surface area (Å²) < 4.78 is 3.05. The first-order valence-electron chi connectivity index (χ1n) is 7.98. The van der Waals surface area contributed by atoms with E-state index in [0.717, 1.165) is 32.8 Å². The molecule has 1 N–H and O–H groups in total. The van der Waals surface area contributed by atoms with Crippen molar-refractivity contribution in [3.8, 4) is 11.4 Å². The summed E-state index contributed by atoms with van der Waals surface area (Å²) in [6, 6.07) is 14.0. The predicted octanol–water partition coefficient (Wildman–Crippen LogP) is 3.84. The molecule has 0 aliphatic heterocycles. The van der Waals surface area contributed by atoms with Crippen LogP contribution < -0.4 is 5.32 Å². The lowest BCUT2D eigenvalue weighted by Gasteiger charge is -2.04. The van der Waals surface area contributed by atoms with Gasteiger partial charge in [0.1, 0.15) is 5.65 Å². The third kappa shape index (κ3) is 3.75. The summed E-state index contributed by atoms with van der Waals surface area (Å²) in [6.07, 6.45) is 7.76. The van der Waals surface area contributed by atoms with Crippen molar-refractivity contribution in [3.63, 3.8) is 0 Å². The maximum absolute atomic E-state index is 4.59. The molecule has 3 aromatic heterocycles. The summed E-state index contributed by atoms with van der Waals surface area (Å²) in [5.74, 6) is 0.746. The zero-order valence-electron chi connectivity index (χ0n) is 13.4. The van der Waals surface area contributed by atoms with E-state index in [-0.39, 0.29) is 0 Å². The van der Waals surface area contributed by atoms with Crippen LogP contribution >= 0.6 is 15.9 Å². The number of nitrogens with zero attached hydrogens (tertiary/aromatic N) is 4. The first-order valence-corrected chi connectivity index (χ1v) is 8.77. The molecule has 0 aliphatic rings. The lowest BCUT2D eigenvalue weighted by molar-refractivity contribution is 0.679. The van der Waals surface area contributed by atoms with Gasteiger partial charge in [-0.15, -0.1) is 0 Å². The molecule has 0 fully saturated rings. The normalized spacial score (nSPS) is 11.1. The predicted molar refractivity (Wildman–Crippen MR) is 101 cm³/mol. The van der Waals surface area contributed by atoms with Crippen LogP contribution in [0.4, 0.5) is 0 Å². The van der Waals surface area contributed by atoms with Crippen LogP contribution in [0.2, 0.25) is 0 Å². The van der Waals surface area contributed by atoms with Crippen molar-refractivity contribution >= 4 is 21.6 Å². The lowest BCUT2D eigenvalue weighted by atomic mass is 10.2. The fourth-order valence-electron chi connectivity index (χ4n) is 2.62. The molecule has 0 saturated carbocycles. The van der Waals surface area contributed by atoms with Crippen molar-refractivity contribution < 1.29 is 0 Å². The molecule has 4 aromatic rings. The van der Waals surface area contributed by atoms with E-state index in [4.69, 9.17) is 0 Å². The lowest BCUT2D eigenvalue weighted by Crippen LogP contribution is -2.13. The van der Waals surface area contributed by atoms with Gasteiger partial charge in [0, 0.05) is 53.5 Å². The van der Waals surface area contributed by atoms with Gasteiger partial charge in [-0.2, -0.15) is 0 Å². The van der Waals surface area contributed by atoms with Gasteiger partial charge < -0.3 is 9.72 Å². The molecule has 25 heavy (non-hydrogen) atoms. The fraction of sp³-hybridized carbons (Fsp3) is 0.105. The minimum absolute atomic E-state index is 0.694. The average molecular weight is 394 g/mol. The Hall–Kier alpha value is -2.57. The number of hydrogen-bond donors (Lipinski definition) is 1. The number of halogens is 1. The second kappa shape index (κ2) is 7.13. The highest BCUT2D eigenvalue weighted by atomic mass is 79.9. The Kier molecular flexibility index (Phi) is 4.54. The van der Waals surface area contributed by atoms with Crippen LogP contribution in [0.3, 0.4) is 0 Å². The van der Waals surface area contributed by atoms with Crippen LogP contribution in [0, 0.1) is 0 Å². The number of benzene rings is 1. The van der Waals surface area contributed by atoms with Crippen molar-refractivity contribution in [2.75, 3.05) is 0 Å². The zero-order valence-corrected chi connectivity index (χ0v) is 15.0. The molecule has 3 heterocycles. The van der Waals surface area contributed by atoms with Crippen LogP contribution in [0.25, 0.3) is 17.0 Å². The number of hydrogen-bond acceptors (Lipinski definition) is 4. The molecular formula is C19H16BrN5. The Balaban J connectivity index is 1.38. The van der Waals surface area contributed by atoms with Gasteiger partial charge in [0.25, 0.3) is 0 Å². The molecule has 5 nitrogen and oxygen atoms in total. The highest BCUT2D eigenvalue weighted by molar-refractivity contribution is 9.10. The number of fused-ring (bicyclic) bond motifs is 1. The van der Waals surface area contributed by atoms with E-state index in [1.807, 2.05) is 71.7 Å². The SMILES string of the molecule is Brc1ccc2nc(CNCc3cnc(-c4ccccc4)nc3)cn2c1. The summed E-state index contributed by atoms with van der Waals surface area (Å²) in [5, 5.41) is 3.39. The molecule has 0 radical (unpaired) electrons. The molecular weight excluding hydrogens is 378 g/mol. The van der Waals surface area contributed by atoms with Crippen molar-refractivity contribution in [1.29, 1.82) is 0 Å². The molecule has 0 amide bonds.